The molecule has 2 heterocycles. The second kappa shape index (κ2) is 5.32. The van der Waals surface area contributed by atoms with E-state index >= 15 is 0 Å². The number of nitrogens with zero attached hydrogens (tertiary/aromatic N) is 2. The Hall–Kier alpha value is -2.75. The third-order valence-electron chi connectivity index (χ3n) is 3.33. The van der Waals surface area contributed by atoms with Crippen molar-refractivity contribution in [1.29, 1.82) is 0 Å². The van der Waals surface area contributed by atoms with Crippen molar-refractivity contribution in [2.75, 3.05) is 5.32 Å². The van der Waals surface area contributed by atoms with E-state index in [9.17, 15) is 4.79 Å². The molecular weight excluding hydrogens is 262 g/mol. The van der Waals surface area contributed by atoms with Gasteiger partial charge in [0.15, 0.2) is 0 Å². The Morgan fingerprint density at radius 2 is 1.90 bits per heavy atom. The molecule has 0 saturated heterocycles. The first kappa shape index (κ1) is 13.2. The van der Waals surface area contributed by atoms with Crippen LogP contribution in [0.4, 0.5) is 5.69 Å². The molecule has 21 heavy (non-hydrogen) atoms. The lowest BCUT2D eigenvalue weighted by Crippen LogP contribution is -2.13. The average molecular weight is 277 g/mol. The summed E-state index contributed by atoms with van der Waals surface area (Å²) in [4.78, 5) is 20.7. The second-order valence-corrected chi connectivity index (χ2v) is 5.01. The van der Waals surface area contributed by atoms with Gasteiger partial charge in [-0.15, -0.1) is 0 Å². The molecule has 0 aliphatic heterocycles. The van der Waals surface area contributed by atoms with Gasteiger partial charge in [-0.1, -0.05) is 17.7 Å². The third-order valence-corrected chi connectivity index (χ3v) is 3.33. The number of amides is 1. The summed E-state index contributed by atoms with van der Waals surface area (Å²) in [6, 6.07) is 11.2. The van der Waals surface area contributed by atoms with Crippen LogP contribution in [0.25, 0.3) is 10.9 Å². The minimum atomic E-state index is -0.220. The van der Waals surface area contributed by atoms with Crippen LogP contribution in [0.3, 0.4) is 0 Å². The molecule has 0 radical (unpaired) electrons. The fraction of sp³-hybridized carbons (Fsp3) is 0.118. The van der Waals surface area contributed by atoms with E-state index in [0.29, 0.717) is 5.69 Å². The predicted molar refractivity (Wildman–Crippen MR) is 83.4 cm³/mol. The van der Waals surface area contributed by atoms with Crippen LogP contribution in [0.15, 0.2) is 48.8 Å². The summed E-state index contributed by atoms with van der Waals surface area (Å²) < 4.78 is 0. The summed E-state index contributed by atoms with van der Waals surface area (Å²) in [6.45, 7) is 4.05. The number of fused-ring (bicyclic) bond motifs is 1. The largest absolute Gasteiger partial charge is 0.320 e. The SMILES string of the molecule is Cc1cc(C)c2nccc(NC(=O)c3ccccn3)c2c1. The van der Waals surface area contributed by atoms with Crippen molar-refractivity contribution < 1.29 is 4.79 Å². The molecule has 1 N–H and O–H groups in total. The number of pyridine rings is 2. The van der Waals surface area contributed by atoms with Crippen LogP contribution in [0.2, 0.25) is 0 Å². The number of anilines is 1. The van der Waals surface area contributed by atoms with E-state index in [-0.39, 0.29) is 5.91 Å². The lowest BCUT2D eigenvalue weighted by atomic mass is 10.1. The van der Waals surface area contributed by atoms with E-state index in [2.05, 4.69) is 21.4 Å². The molecule has 104 valence electrons. The Morgan fingerprint density at radius 3 is 2.67 bits per heavy atom. The molecule has 0 unspecified atom stereocenters. The van der Waals surface area contributed by atoms with Crippen LogP contribution >= 0.6 is 0 Å². The molecule has 0 saturated carbocycles. The minimum Gasteiger partial charge on any atom is -0.320 e. The standard InChI is InChI=1S/C17H15N3O/c1-11-9-12(2)16-13(10-11)14(6-8-19-16)20-17(21)15-5-3-4-7-18-15/h3-10H,1-2H3,(H,19,20,21). The van der Waals surface area contributed by atoms with Crippen LogP contribution in [-0.2, 0) is 0 Å². The maximum Gasteiger partial charge on any atom is 0.274 e. The van der Waals surface area contributed by atoms with Crippen molar-refractivity contribution in [1.82, 2.24) is 9.97 Å². The molecule has 3 aromatic rings. The quantitative estimate of drug-likeness (QED) is 0.780. The zero-order valence-electron chi connectivity index (χ0n) is 11.9. The fourth-order valence-electron chi connectivity index (χ4n) is 2.41. The van der Waals surface area contributed by atoms with Crippen molar-refractivity contribution in [3.8, 4) is 0 Å². The van der Waals surface area contributed by atoms with Gasteiger partial charge in [0.25, 0.3) is 5.91 Å². The molecule has 4 nitrogen and oxygen atoms in total. The van der Waals surface area contributed by atoms with Gasteiger partial charge in [0.2, 0.25) is 0 Å². The molecule has 0 atom stereocenters. The van der Waals surface area contributed by atoms with Gasteiger partial charge in [-0.2, -0.15) is 0 Å². The van der Waals surface area contributed by atoms with E-state index in [0.717, 1.165) is 27.7 Å². The van der Waals surface area contributed by atoms with Crippen molar-refractivity contribution in [3.05, 3.63) is 65.6 Å². The monoisotopic (exact) mass is 277 g/mol. The minimum absolute atomic E-state index is 0.220. The number of carbonyl (C=O) groups is 1. The van der Waals surface area contributed by atoms with Crippen molar-refractivity contribution in [3.63, 3.8) is 0 Å². The van der Waals surface area contributed by atoms with E-state index in [1.807, 2.05) is 26.0 Å². The zero-order chi connectivity index (χ0) is 14.8. The van der Waals surface area contributed by atoms with Gasteiger partial charge in [-0.3, -0.25) is 14.8 Å². The van der Waals surface area contributed by atoms with Gasteiger partial charge in [-0.05, 0) is 43.7 Å². The second-order valence-electron chi connectivity index (χ2n) is 5.01. The highest BCUT2D eigenvalue weighted by molar-refractivity contribution is 6.08. The molecule has 4 heteroatoms. The topological polar surface area (TPSA) is 54.9 Å². The summed E-state index contributed by atoms with van der Waals surface area (Å²) in [7, 11) is 0. The van der Waals surface area contributed by atoms with Gasteiger partial charge in [-0.25, -0.2) is 0 Å². The van der Waals surface area contributed by atoms with Crippen LogP contribution in [0.5, 0.6) is 0 Å². The summed E-state index contributed by atoms with van der Waals surface area (Å²) >= 11 is 0. The van der Waals surface area contributed by atoms with Gasteiger partial charge in [0.05, 0.1) is 11.2 Å². The van der Waals surface area contributed by atoms with E-state index in [4.69, 9.17) is 0 Å². The van der Waals surface area contributed by atoms with Gasteiger partial charge >= 0.3 is 0 Å². The first-order chi connectivity index (χ1) is 10.1. The van der Waals surface area contributed by atoms with Gasteiger partial charge < -0.3 is 5.32 Å². The van der Waals surface area contributed by atoms with E-state index in [1.54, 1.807) is 30.6 Å². The fourth-order valence-corrected chi connectivity index (χ4v) is 2.41. The summed E-state index contributed by atoms with van der Waals surface area (Å²) in [5.74, 6) is -0.220. The lowest BCUT2D eigenvalue weighted by molar-refractivity contribution is 0.102. The third kappa shape index (κ3) is 2.60. The molecule has 3 rings (SSSR count). The van der Waals surface area contributed by atoms with Crippen LogP contribution in [0.1, 0.15) is 21.6 Å². The smallest absolute Gasteiger partial charge is 0.274 e. The lowest BCUT2D eigenvalue weighted by Gasteiger charge is -2.10. The number of nitrogens with one attached hydrogen (secondary N) is 1. The highest BCUT2D eigenvalue weighted by Gasteiger charge is 2.10. The highest BCUT2D eigenvalue weighted by atomic mass is 16.1. The maximum absolute atomic E-state index is 12.2. The first-order valence-electron chi connectivity index (χ1n) is 6.73. The number of rotatable bonds is 2. The van der Waals surface area contributed by atoms with Crippen LogP contribution in [-0.4, -0.2) is 15.9 Å². The van der Waals surface area contributed by atoms with E-state index < -0.39 is 0 Å². The summed E-state index contributed by atoms with van der Waals surface area (Å²) in [6.07, 6.45) is 3.31. The van der Waals surface area contributed by atoms with Crippen molar-refractivity contribution >= 4 is 22.5 Å². The number of aryl methyl sites for hydroxylation is 2. The molecule has 0 aliphatic carbocycles. The van der Waals surface area contributed by atoms with Crippen molar-refractivity contribution in [2.24, 2.45) is 0 Å². The van der Waals surface area contributed by atoms with Crippen LogP contribution in [0, 0.1) is 13.8 Å². The molecule has 0 spiro atoms. The number of hydrogen-bond acceptors (Lipinski definition) is 3. The first-order valence-corrected chi connectivity index (χ1v) is 6.73. The molecule has 0 fully saturated rings. The predicted octanol–water partition coefficient (Wildman–Crippen LogP) is 3.50. The van der Waals surface area contributed by atoms with Crippen LogP contribution < -0.4 is 5.32 Å². The Morgan fingerprint density at radius 1 is 1.05 bits per heavy atom. The normalized spacial score (nSPS) is 10.6. The number of hydrogen-bond donors (Lipinski definition) is 1. The maximum atomic E-state index is 12.2. The molecular formula is C17H15N3O. The molecule has 1 aromatic carbocycles. The number of aromatic nitrogens is 2. The van der Waals surface area contributed by atoms with Crippen molar-refractivity contribution in [2.45, 2.75) is 13.8 Å². The number of benzene rings is 1. The molecule has 0 aliphatic rings. The zero-order valence-corrected chi connectivity index (χ0v) is 11.9. The number of carbonyl (C=O) groups excluding carboxylic acids is 1. The van der Waals surface area contributed by atoms with E-state index in [1.165, 1.54) is 0 Å². The van der Waals surface area contributed by atoms with Gasteiger partial charge in [0, 0.05) is 17.8 Å². The summed E-state index contributed by atoms with van der Waals surface area (Å²) in [5, 5.41) is 3.86. The molecule has 2 aromatic heterocycles. The average Bonchev–Trinajstić information content (AvgIpc) is 2.49. The molecule has 0 bridgehead atoms. The Balaban J connectivity index is 2.03. The Bertz CT molecular complexity index is 813. The Kier molecular flexibility index (Phi) is 3.36. The molecule has 1 amide bonds. The van der Waals surface area contributed by atoms with Gasteiger partial charge in [0.1, 0.15) is 5.69 Å². The highest BCUT2D eigenvalue weighted by Crippen LogP contribution is 2.25. The summed E-state index contributed by atoms with van der Waals surface area (Å²) in [5.41, 5.74) is 4.29. The Labute approximate surface area is 122 Å².